The molecule has 6 heteroatoms. The molecule has 1 saturated heterocycles. The van der Waals surface area contributed by atoms with Crippen molar-refractivity contribution < 1.29 is 4.74 Å². The van der Waals surface area contributed by atoms with Gasteiger partial charge in [-0.2, -0.15) is 0 Å². The molecule has 0 saturated carbocycles. The first-order valence-corrected chi connectivity index (χ1v) is 6.71. The second-order valence-corrected chi connectivity index (χ2v) is 5.49. The molecule has 90 valence electrons. The van der Waals surface area contributed by atoms with Crippen molar-refractivity contribution >= 4 is 11.8 Å². The van der Waals surface area contributed by atoms with Gasteiger partial charge < -0.3 is 4.74 Å². The molecular formula is C10H18N4OS. The third-order valence-corrected chi connectivity index (χ3v) is 4.10. The fraction of sp³-hybridized carbons (Fsp3) is 0.900. The summed E-state index contributed by atoms with van der Waals surface area (Å²) in [4.78, 5) is 0. The summed E-state index contributed by atoms with van der Waals surface area (Å²) >= 11 is 1.76. The van der Waals surface area contributed by atoms with E-state index in [1.165, 1.54) is 0 Å². The molecule has 1 aromatic rings. The van der Waals surface area contributed by atoms with E-state index in [1.807, 2.05) is 4.68 Å². The number of hydrogen-bond acceptors (Lipinski definition) is 5. The van der Waals surface area contributed by atoms with E-state index in [9.17, 15) is 0 Å². The lowest BCUT2D eigenvalue weighted by Crippen LogP contribution is -2.21. The topological polar surface area (TPSA) is 52.8 Å². The van der Waals surface area contributed by atoms with Crippen LogP contribution in [0.15, 0.2) is 5.16 Å². The highest BCUT2D eigenvalue weighted by Crippen LogP contribution is 2.27. The van der Waals surface area contributed by atoms with Crippen LogP contribution in [0.3, 0.4) is 0 Å². The Balaban J connectivity index is 2.05. The van der Waals surface area contributed by atoms with Gasteiger partial charge in [-0.15, -0.1) is 5.10 Å². The van der Waals surface area contributed by atoms with Crippen LogP contribution >= 0.6 is 11.8 Å². The summed E-state index contributed by atoms with van der Waals surface area (Å²) < 4.78 is 7.32. The maximum Gasteiger partial charge on any atom is 0.209 e. The molecule has 1 atom stereocenters. The highest BCUT2D eigenvalue weighted by atomic mass is 32.2. The number of tetrazole rings is 1. The maximum atomic E-state index is 5.35. The normalized spacial score (nSPS) is 19.9. The molecule has 2 heterocycles. The highest BCUT2D eigenvalue weighted by molar-refractivity contribution is 7.99. The smallest absolute Gasteiger partial charge is 0.209 e. The lowest BCUT2D eigenvalue weighted by atomic mass is 10.1. The van der Waals surface area contributed by atoms with Crippen molar-refractivity contribution in [3.63, 3.8) is 0 Å². The minimum atomic E-state index is 0.412. The second-order valence-electron chi connectivity index (χ2n) is 4.09. The number of ether oxygens (including phenoxy) is 1. The molecule has 0 aromatic carbocycles. The zero-order valence-electron chi connectivity index (χ0n) is 9.80. The predicted octanol–water partition coefficient (Wildman–Crippen LogP) is 1.92. The Morgan fingerprint density at radius 3 is 2.94 bits per heavy atom. The van der Waals surface area contributed by atoms with Crippen LogP contribution in [0, 0.1) is 0 Å². The Morgan fingerprint density at radius 1 is 1.50 bits per heavy atom. The van der Waals surface area contributed by atoms with Gasteiger partial charge >= 0.3 is 0 Å². The minimum absolute atomic E-state index is 0.412. The van der Waals surface area contributed by atoms with Gasteiger partial charge in [0.2, 0.25) is 5.16 Å². The van der Waals surface area contributed by atoms with E-state index >= 15 is 0 Å². The van der Waals surface area contributed by atoms with Gasteiger partial charge in [0.1, 0.15) is 0 Å². The van der Waals surface area contributed by atoms with Crippen LogP contribution in [-0.2, 0) is 4.74 Å². The number of thioether (sulfide) groups is 1. The summed E-state index contributed by atoms with van der Waals surface area (Å²) in [6, 6.07) is 0.412. The van der Waals surface area contributed by atoms with Crippen LogP contribution in [0.2, 0.25) is 0 Å². The van der Waals surface area contributed by atoms with Gasteiger partial charge in [0.15, 0.2) is 0 Å². The monoisotopic (exact) mass is 242 g/mol. The number of aromatic nitrogens is 4. The summed E-state index contributed by atoms with van der Waals surface area (Å²) in [5.74, 6) is 0. The summed E-state index contributed by atoms with van der Waals surface area (Å²) in [5, 5.41) is 13.5. The van der Waals surface area contributed by atoms with Crippen LogP contribution < -0.4 is 0 Å². The minimum Gasteiger partial charge on any atom is -0.381 e. The molecule has 0 aliphatic carbocycles. The quantitative estimate of drug-likeness (QED) is 0.755. The van der Waals surface area contributed by atoms with Crippen LogP contribution in [0.25, 0.3) is 0 Å². The fourth-order valence-corrected chi connectivity index (χ4v) is 2.59. The molecule has 16 heavy (non-hydrogen) atoms. The molecule has 5 nitrogen and oxygen atoms in total. The average Bonchev–Trinajstić information content (AvgIpc) is 2.78. The van der Waals surface area contributed by atoms with E-state index in [1.54, 1.807) is 11.8 Å². The first kappa shape index (κ1) is 11.9. The fourth-order valence-electron chi connectivity index (χ4n) is 1.69. The zero-order valence-corrected chi connectivity index (χ0v) is 10.6. The van der Waals surface area contributed by atoms with Crippen LogP contribution in [-0.4, -0.2) is 38.7 Å². The van der Waals surface area contributed by atoms with E-state index in [2.05, 4.69) is 29.4 Å². The summed E-state index contributed by atoms with van der Waals surface area (Å²) in [5.41, 5.74) is 0. The predicted molar refractivity (Wildman–Crippen MR) is 62.5 cm³/mol. The van der Waals surface area contributed by atoms with Gasteiger partial charge in [0.05, 0.1) is 6.04 Å². The number of rotatable bonds is 4. The standard InChI is InChI=1S/C10H18N4OS/c1-3-8(2)16-10-11-12-13-14(10)9-4-6-15-7-5-9/h8-9H,3-7H2,1-2H3/t8-/m0/s1. The van der Waals surface area contributed by atoms with Crippen LogP contribution in [0.4, 0.5) is 0 Å². The molecule has 0 N–H and O–H groups in total. The lowest BCUT2D eigenvalue weighted by molar-refractivity contribution is 0.0631. The summed E-state index contributed by atoms with van der Waals surface area (Å²) in [6.07, 6.45) is 3.16. The van der Waals surface area contributed by atoms with Gasteiger partial charge in [-0.3, -0.25) is 0 Å². The van der Waals surface area contributed by atoms with Crippen molar-refractivity contribution in [2.24, 2.45) is 0 Å². The zero-order chi connectivity index (χ0) is 11.4. The molecule has 0 amide bonds. The first-order valence-electron chi connectivity index (χ1n) is 5.83. The van der Waals surface area contributed by atoms with E-state index < -0.39 is 0 Å². The molecule has 1 aliphatic heterocycles. The van der Waals surface area contributed by atoms with Gasteiger partial charge in [-0.1, -0.05) is 25.6 Å². The van der Waals surface area contributed by atoms with E-state index in [0.29, 0.717) is 11.3 Å². The average molecular weight is 242 g/mol. The molecule has 1 aromatic heterocycles. The van der Waals surface area contributed by atoms with Gasteiger partial charge in [0, 0.05) is 18.5 Å². The molecule has 1 aliphatic rings. The van der Waals surface area contributed by atoms with Crippen LogP contribution in [0.5, 0.6) is 0 Å². The number of nitrogens with zero attached hydrogens (tertiary/aromatic N) is 4. The van der Waals surface area contributed by atoms with Crippen molar-refractivity contribution in [1.82, 2.24) is 20.2 Å². The Morgan fingerprint density at radius 2 is 2.25 bits per heavy atom. The van der Waals surface area contributed by atoms with Crippen LogP contribution in [0.1, 0.15) is 39.2 Å². The number of hydrogen-bond donors (Lipinski definition) is 0. The molecule has 2 rings (SSSR count). The van der Waals surface area contributed by atoms with Gasteiger partial charge in [-0.05, 0) is 29.7 Å². The SMILES string of the molecule is CC[C@H](C)Sc1nnnn1C1CCOCC1. The Labute approximate surface area is 99.9 Å². The van der Waals surface area contributed by atoms with E-state index in [0.717, 1.165) is 37.6 Å². The Hall–Kier alpha value is -0.620. The van der Waals surface area contributed by atoms with E-state index in [4.69, 9.17) is 4.74 Å². The van der Waals surface area contributed by atoms with Crippen molar-refractivity contribution in [2.75, 3.05) is 13.2 Å². The first-order chi connectivity index (χ1) is 7.81. The molecule has 1 fully saturated rings. The lowest BCUT2D eigenvalue weighted by Gasteiger charge is -2.22. The van der Waals surface area contributed by atoms with Crippen molar-refractivity contribution in [2.45, 2.75) is 49.6 Å². The van der Waals surface area contributed by atoms with Gasteiger partial charge in [-0.25, -0.2) is 4.68 Å². The maximum absolute atomic E-state index is 5.35. The third-order valence-electron chi connectivity index (χ3n) is 2.88. The summed E-state index contributed by atoms with van der Waals surface area (Å²) in [6.45, 7) is 6.02. The molecule has 0 unspecified atom stereocenters. The Kier molecular flexibility index (Phi) is 4.17. The van der Waals surface area contributed by atoms with Crippen molar-refractivity contribution in [1.29, 1.82) is 0 Å². The summed E-state index contributed by atoms with van der Waals surface area (Å²) in [7, 11) is 0. The molecule has 0 spiro atoms. The van der Waals surface area contributed by atoms with Gasteiger partial charge in [0.25, 0.3) is 0 Å². The molecule has 0 radical (unpaired) electrons. The molecule has 0 bridgehead atoms. The Bertz CT molecular complexity index is 324. The largest absolute Gasteiger partial charge is 0.381 e. The van der Waals surface area contributed by atoms with E-state index in [-0.39, 0.29) is 0 Å². The molecular weight excluding hydrogens is 224 g/mol. The third kappa shape index (κ3) is 2.74. The second kappa shape index (κ2) is 5.63. The highest BCUT2D eigenvalue weighted by Gasteiger charge is 2.21. The van der Waals surface area contributed by atoms with Crippen molar-refractivity contribution in [3.05, 3.63) is 0 Å². The van der Waals surface area contributed by atoms with Crippen molar-refractivity contribution in [3.8, 4) is 0 Å².